The first kappa shape index (κ1) is 18.1. The van der Waals surface area contributed by atoms with Gasteiger partial charge in [-0.1, -0.05) is 36.7 Å². The number of carbonyl (C=O) groups excluding carboxylic acids is 1. The Bertz CT molecular complexity index is 612. The molecule has 1 aromatic rings. The minimum absolute atomic E-state index is 0.0929. The van der Waals surface area contributed by atoms with Gasteiger partial charge in [0.1, 0.15) is 5.75 Å². The van der Waals surface area contributed by atoms with Crippen LogP contribution in [-0.4, -0.2) is 48.0 Å². The Hall–Kier alpha value is -1.69. The molecule has 2 aliphatic rings. The van der Waals surface area contributed by atoms with Crippen LogP contribution in [0, 0.1) is 0 Å². The van der Waals surface area contributed by atoms with Gasteiger partial charge in [0.05, 0.1) is 13.2 Å². The van der Waals surface area contributed by atoms with Crippen LogP contribution in [0.15, 0.2) is 29.3 Å². The monoisotopic (exact) mass is 361 g/mol. The Kier molecular flexibility index (Phi) is 6.24. The van der Waals surface area contributed by atoms with Gasteiger partial charge in [0.25, 0.3) is 0 Å². The number of nitrogens with zero attached hydrogens (tertiary/aromatic N) is 2. The van der Waals surface area contributed by atoms with Gasteiger partial charge in [-0.25, -0.2) is 0 Å². The molecule has 1 aliphatic carbocycles. The molecule has 1 amide bonds. The highest BCUT2D eigenvalue weighted by molar-refractivity contribution is 8.14. The van der Waals surface area contributed by atoms with Crippen molar-refractivity contribution < 1.29 is 9.53 Å². The Balaban J connectivity index is 1.46. The minimum atomic E-state index is 0.0929. The van der Waals surface area contributed by atoms with Crippen LogP contribution in [0.1, 0.15) is 37.7 Å². The Labute approximate surface area is 154 Å². The zero-order chi connectivity index (χ0) is 17.6. The second kappa shape index (κ2) is 8.61. The molecular weight excluding hydrogens is 334 g/mol. The van der Waals surface area contributed by atoms with E-state index in [0.717, 1.165) is 22.2 Å². The first-order valence-electron chi connectivity index (χ1n) is 8.99. The lowest BCUT2D eigenvalue weighted by Gasteiger charge is -2.21. The highest BCUT2D eigenvalue weighted by atomic mass is 32.2. The fraction of sp³-hybridized carbons (Fsp3) is 0.579. The Morgan fingerprint density at radius 1 is 1.32 bits per heavy atom. The van der Waals surface area contributed by atoms with Crippen molar-refractivity contribution in [2.24, 2.45) is 4.99 Å². The maximum atomic E-state index is 12.3. The molecule has 0 radical (unpaired) electrons. The van der Waals surface area contributed by atoms with E-state index in [-0.39, 0.29) is 11.9 Å². The summed E-state index contributed by atoms with van der Waals surface area (Å²) in [6, 6.07) is 8.50. The van der Waals surface area contributed by atoms with Crippen LogP contribution < -0.4 is 10.1 Å². The summed E-state index contributed by atoms with van der Waals surface area (Å²) < 4.78 is 5.15. The molecule has 1 aromatic carbocycles. The molecular formula is C19H27N3O2S. The predicted molar refractivity (Wildman–Crippen MR) is 103 cm³/mol. The summed E-state index contributed by atoms with van der Waals surface area (Å²) in [4.78, 5) is 19.4. The Morgan fingerprint density at radius 2 is 2.04 bits per heavy atom. The molecule has 1 aliphatic heterocycles. The molecule has 0 bridgehead atoms. The number of amidine groups is 1. The maximum absolute atomic E-state index is 12.3. The highest BCUT2D eigenvalue weighted by Crippen LogP contribution is 2.28. The zero-order valence-electron chi connectivity index (χ0n) is 15.0. The molecule has 1 atom stereocenters. The van der Waals surface area contributed by atoms with Gasteiger partial charge in [-0.2, -0.15) is 0 Å². The Morgan fingerprint density at radius 3 is 2.72 bits per heavy atom. The van der Waals surface area contributed by atoms with Gasteiger partial charge >= 0.3 is 0 Å². The van der Waals surface area contributed by atoms with Gasteiger partial charge in [-0.05, 0) is 30.5 Å². The topological polar surface area (TPSA) is 53.9 Å². The van der Waals surface area contributed by atoms with Gasteiger partial charge in [0.2, 0.25) is 5.91 Å². The second-order valence-corrected chi connectivity index (χ2v) is 7.74. The smallest absolute Gasteiger partial charge is 0.222 e. The second-order valence-electron chi connectivity index (χ2n) is 6.75. The fourth-order valence-electron chi connectivity index (χ4n) is 3.28. The molecule has 1 saturated carbocycles. The standard InChI is InChI=1S/C19H27N3O2S/c1-22-16(13-25-19(22)21-15-5-3-4-6-15)11-18(23)20-12-14-7-9-17(24-2)10-8-14/h7-10,15-16H,3-6,11-13H2,1-2H3,(H,20,23). The van der Waals surface area contributed by atoms with E-state index in [1.807, 2.05) is 24.3 Å². The van der Waals surface area contributed by atoms with Crippen LogP contribution in [0.25, 0.3) is 0 Å². The van der Waals surface area contributed by atoms with Crippen LogP contribution in [0.3, 0.4) is 0 Å². The fourth-order valence-corrected chi connectivity index (χ4v) is 4.54. The molecule has 6 heteroatoms. The van der Waals surface area contributed by atoms with E-state index in [0.29, 0.717) is 19.0 Å². The third kappa shape index (κ3) is 4.91. The lowest BCUT2D eigenvalue weighted by molar-refractivity contribution is -0.121. The molecule has 0 aromatic heterocycles. The first-order chi connectivity index (χ1) is 12.2. The number of carbonyl (C=O) groups is 1. The van der Waals surface area contributed by atoms with E-state index in [1.54, 1.807) is 18.9 Å². The summed E-state index contributed by atoms with van der Waals surface area (Å²) in [5, 5.41) is 4.13. The van der Waals surface area contributed by atoms with Crippen molar-refractivity contribution in [2.45, 2.75) is 50.7 Å². The summed E-state index contributed by atoms with van der Waals surface area (Å²) in [6.45, 7) is 0.551. The zero-order valence-corrected chi connectivity index (χ0v) is 15.8. The van der Waals surface area contributed by atoms with Crippen LogP contribution in [-0.2, 0) is 11.3 Å². The lowest BCUT2D eigenvalue weighted by Crippen LogP contribution is -2.36. The SMILES string of the molecule is COc1ccc(CNC(=O)CC2CSC(=NC3CCCC3)N2C)cc1. The van der Waals surface area contributed by atoms with Crippen LogP contribution in [0.5, 0.6) is 5.75 Å². The molecule has 5 nitrogen and oxygen atoms in total. The summed E-state index contributed by atoms with van der Waals surface area (Å²) in [5.41, 5.74) is 1.08. The molecule has 3 rings (SSSR count). The number of aliphatic imine (C=N–C) groups is 1. The molecule has 1 N–H and O–H groups in total. The predicted octanol–water partition coefficient (Wildman–Crippen LogP) is 3.05. The highest BCUT2D eigenvalue weighted by Gasteiger charge is 2.29. The van der Waals surface area contributed by atoms with Gasteiger partial charge in [0.15, 0.2) is 5.17 Å². The van der Waals surface area contributed by atoms with Crippen molar-refractivity contribution in [1.82, 2.24) is 10.2 Å². The van der Waals surface area contributed by atoms with Gasteiger partial charge < -0.3 is 15.0 Å². The number of benzene rings is 1. The molecule has 0 spiro atoms. The minimum Gasteiger partial charge on any atom is -0.497 e. The molecule has 2 fully saturated rings. The van der Waals surface area contributed by atoms with Gasteiger partial charge in [0, 0.05) is 31.8 Å². The average Bonchev–Trinajstić information content (AvgIpc) is 3.26. The lowest BCUT2D eigenvalue weighted by atomic mass is 10.2. The van der Waals surface area contributed by atoms with Crippen molar-refractivity contribution in [3.05, 3.63) is 29.8 Å². The molecule has 1 unspecified atom stereocenters. The first-order valence-corrected chi connectivity index (χ1v) is 9.97. The van der Waals surface area contributed by atoms with Gasteiger partial charge in [-0.15, -0.1) is 0 Å². The molecule has 1 heterocycles. The normalized spacial score (nSPS) is 22.6. The third-order valence-electron chi connectivity index (χ3n) is 4.94. The van der Waals surface area contributed by atoms with Crippen LogP contribution in [0.2, 0.25) is 0 Å². The van der Waals surface area contributed by atoms with Crippen molar-refractivity contribution in [3.63, 3.8) is 0 Å². The molecule has 25 heavy (non-hydrogen) atoms. The summed E-state index contributed by atoms with van der Waals surface area (Å²) >= 11 is 1.79. The number of methoxy groups -OCH3 is 1. The van der Waals surface area contributed by atoms with Crippen molar-refractivity contribution in [3.8, 4) is 5.75 Å². The maximum Gasteiger partial charge on any atom is 0.222 e. The van der Waals surface area contributed by atoms with E-state index in [4.69, 9.17) is 9.73 Å². The molecule has 1 saturated heterocycles. The van der Waals surface area contributed by atoms with Crippen LogP contribution >= 0.6 is 11.8 Å². The number of amides is 1. The van der Waals surface area contributed by atoms with E-state index in [9.17, 15) is 4.79 Å². The number of hydrogen-bond acceptors (Lipinski definition) is 4. The van der Waals surface area contributed by atoms with Crippen molar-refractivity contribution in [2.75, 3.05) is 19.9 Å². The average molecular weight is 362 g/mol. The largest absolute Gasteiger partial charge is 0.497 e. The summed E-state index contributed by atoms with van der Waals surface area (Å²) in [5.74, 6) is 1.86. The van der Waals surface area contributed by atoms with Crippen molar-refractivity contribution in [1.29, 1.82) is 0 Å². The number of hydrogen-bond donors (Lipinski definition) is 1. The third-order valence-corrected chi connectivity index (χ3v) is 6.14. The number of rotatable bonds is 6. The summed E-state index contributed by atoms with van der Waals surface area (Å²) in [7, 11) is 3.71. The van der Waals surface area contributed by atoms with E-state index in [1.165, 1.54) is 25.7 Å². The number of nitrogens with one attached hydrogen (secondary N) is 1. The summed E-state index contributed by atoms with van der Waals surface area (Å²) in [6.07, 6.45) is 5.54. The van der Waals surface area contributed by atoms with Gasteiger partial charge in [-0.3, -0.25) is 9.79 Å². The van der Waals surface area contributed by atoms with E-state index in [2.05, 4.69) is 17.3 Å². The number of ether oxygens (including phenoxy) is 1. The van der Waals surface area contributed by atoms with Crippen LogP contribution in [0.4, 0.5) is 0 Å². The van der Waals surface area contributed by atoms with E-state index < -0.39 is 0 Å². The molecule has 136 valence electrons. The van der Waals surface area contributed by atoms with Crippen molar-refractivity contribution >= 4 is 22.8 Å². The quantitative estimate of drug-likeness (QED) is 0.846. The number of thioether (sulfide) groups is 1. The van der Waals surface area contributed by atoms with E-state index >= 15 is 0 Å².